The number of nitrogens with zero attached hydrogens (tertiary/aromatic N) is 1. The van der Waals surface area contributed by atoms with Crippen molar-refractivity contribution in [2.45, 2.75) is 26.2 Å². The van der Waals surface area contributed by atoms with Gasteiger partial charge in [-0.3, -0.25) is 0 Å². The molecule has 0 heterocycles. The Morgan fingerprint density at radius 2 is 2.00 bits per heavy atom. The van der Waals surface area contributed by atoms with Crippen molar-refractivity contribution in [1.29, 1.82) is 5.26 Å². The fraction of sp³-hybridized carbons (Fsp3) is 0.308. The van der Waals surface area contributed by atoms with Gasteiger partial charge in [0.15, 0.2) is 0 Å². The first-order chi connectivity index (χ1) is 6.96. The standard InChI is InChI=1S/C13H15NO/c1-13(2,3)11-8-4-6-10(12(11)15)7-5-9-14/h4-8,15H,1-3H3. The zero-order valence-corrected chi connectivity index (χ0v) is 9.28. The molecule has 0 fully saturated rings. The van der Waals surface area contributed by atoms with Crippen LogP contribution in [0.25, 0.3) is 6.08 Å². The molecule has 0 aliphatic rings. The van der Waals surface area contributed by atoms with Crippen LogP contribution in [-0.2, 0) is 5.41 Å². The van der Waals surface area contributed by atoms with Crippen molar-refractivity contribution in [3.8, 4) is 11.8 Å². The van der Waals surface area contributed by atoms with Gasteiger partial charge in [-0.2, -0.15) is 5.26 Å². The Morgan fingerprint density at radius 3 is 2.53 bits per heavy atom. The average molecular weight is 201 g/mol. The second kappa shape index (κ2) is 4.18. The largest absolute Gasteiger partial charge is 0.507 e. The first-order valence-corrected chi connectivity index (χ1v) is 4.85. The van der Waals surface area contributed by atoms with Gasteiger partial charge in [0.25, 0.3) is 0 Å². The van der Waals surface area contributed by atoms with E-state index in [4.69, 9.17) is 5.26 Å². The Balaban J connectivity index is 3.25. The third-order valence-electron chi connectivity index (χ3n) is 2.21. The fourth-order valence-corrected chi connectivity index (χ4v) is 1.43. The van der Waals surface area contributed by atoms with E-state index in [1.54, 1.807) is 12.1 Å². The van der Waals surface area contributed by atoms with E-state index in [9.17, 15) is 5.11 Å². The molecule has 1 aromatic rings. The molecule has 0 saturated carbocycles. The molecule has 0 amide bonds. The van der Waals surface area contributed by atoms with E-state index in [0.29, 0.717) is 5.56 Å². The van der Waals surface area contributed by atoms with Gasteiger partial charge in [0.2, 0.25) is 0 Å². The third kappa shape index (κ3) is 2.60. The molecule has 0 radical (unpaired) electrons. The van der Waals surface area contributed by atoms with E-state index in [-0.39, 0.29) is 11.2 Å². The summed E-state index contributed by atoms with van der Waals surface area (Å²) in [4.78, 5) is 0. The lowest BCUT2D eigenvalue weighted by Gasteiger charge is -2.21. The van der Waals surface area contributed by atoms with Crippen molar-refractivity contribution >= 4 is 6.08 Å². The minimum atomic E-state index is -0.0967. The molecule has 0 aliphatic carbocycles. The number of aromatic hydroxyl groups is 1. The summed E-state index contributed by atoms with van der Waals surface area (Å²) in [6, 6.07) is 7.49. The second-order valence-corrected chi connectivity index (χ2v) is 4.46. The summed E-state index contributed by atoms with van der Waals surface area (Å²) in [5.41, 5.74) is 1.48. The Labute approximate surface area is 90.5 Å². The minimum absolute atomic E-state index is 0.0967. The zero-order chi connectivity index (χ0) is 11.5. The molecule has 0 saturated heterocycles. The van der Waals surface area contributed by atoms with Crippen molar-refractivity contribution in [3.63, 3.8) is 0 Å². The topological polar surface area (TPSA) is 44.0 Å². The second-order valence-electron chi connectivity index (χ2n) is 4.46. The van der Waals surface area contributed by atoms with Crippen LogP contribution in [0, 0.1) is 11.3 Å². The van der Waals surface area contributed by atoms with E-state index in [2.05, 4.69) is 0 Å². The monoisotopic (exact) mass is 201 g/mol. The molecule has 15 heavy (non-hydrogen) atoms. The molecular formula is C13H15NO. The van der Waals surface area contributed by atoms with Crippen LogP contribution in [0.2, 0.25) is 0 Å². The van der Waals surface area contributed by atoms with E-state index < -0.39 is 0 Å². The van der Waals surface area contributed by atoms with Crippen molar-refractivity contribution in [1.82, 2.24) is 0 Å². The summed E-state index contributed by atoms with van der Waals surface area (Å²) in [7, 11) is 0. The minimum Gasteiger partial charge on any atom is -0.507 e. The Hall–Kier alpha value is -1.75. The maximum absolute atomic E-state index is 9.99. The molecule has 0 bridgehead atoms. The summed E-state index contributed by atoms with van der Waals surface area (Å²) < 4.78 is 0. The first kappa shape index (κ1) is 11.3. The maximum Gasteiger partial charge on any atom is 0.126 e. The number of benzene rings is 1. The van der Waals surface area contributed by atoms with Crippen molar-refractivity contribution in [3.05, 3.63) is 35.4 Å². The number of allylic oxidation sites excluding steroid dienone is 1. The van der Waals surface area contributed by atoms with Gasteiger partial charge in [-0.25, -0.2) is 0 Å². The van der Waals surface area contributed by atoms with Crippen LogP contribution in [0.15, 0.2) is 24.3 Å². The van der Waals surface area contributed by atoms with Crippen LogP contribution in [0.5, 0.6) is 5.75 Å². The predicted molar refractivity (Wildman–Crippen MR) is 61.5 cm³/mol. The molecule has 1 aromatic carbocycles. The van der Waals surface area contributed by atoms with Crippen LogP contribution in [0.1, 0.15) is 31.9 Å². The SMILES string of the molecule is CC(C)(C)c1cccc(C=CC#N)c1O. The fourth-order valence-electron chi connectivity index (χ4n) is 1.43. The van der Waals surface area contributed by atoms with Gasteiger partial charge in [-0.1, -0.05) is 39.0 Å². The van der Waals surface area contributed by atoms with Crippen LogP contribution in [-0.4, -0.2) is 5.11 Å². The van der Waals surface area contributed by atoms with Gasteiger partial charge in [0, 0.05) is 11.6 Å². The number of para-hydroxylation sites is 1. The van der Waals surface area contributed by atoms with Crippen LogP contribution in [0.4, 0.5) is 0 Å². The van der Waals surface area contributed by atoms with Crippen LogP contribution in [0.3, 0.4) is 0 Å². The van der Waals surface area contributed by atoms with Crippen molar-refractivity contribution in [2.75, 3.05) is 0 Å². The molecule has 78 valence electrons. The van der Waals surface area contributed by atoms with Gasteiger partial charge in [0.1, 0.15) is 5.75 Å². The molecule has 0 spiro atoms. The summed E-state index contributed by atoms with van der Waals surface area (Å²) in [6.45, 7) is 6.12. The maximum atomic E-state index is 9.99. The molecule has 2 heteroatoms. The number of phenols is 1. The van der Waals surface area contributed by atoms with Crippen molar-refractivity contribution in [2.24, 2.45) is 0 Å². The van der Waals surface area contributed by atoms with E-state index in [1.165, 1.54) is 6.08 Å². The Kier molecular flexibility index (Phi) is 3.16. The lowest BCUT2D eigenvalue weighted by Crippen LogP contribution is -2.11. The molecule has 0 aliphatic heterocycles. The van der Waals surface area contributed by atoms with Gasteiger partial charge in [-0.15, -0.1) is 0 Å². The smallest absolute Gasteiger partial charge is 0.126 e. The quantitative estimate of drug-likeness (QED) is 0.709. The Morgan fingerprint density at radius 1 is 1.33 bits per heavy atom. The van der Waals surface area contributed by atoms with Gasteiger partial charge in [0.05, 0.1) is 6.07 Å². The van der Waals surface area contributed by atoms with E-state index in [1.807, 2.05) is 39.0 Å². The highest BCUT2D eigenvalue weighted by atomic mass is 16.3. The van der Waals surface area contributed by atoms with Crippen LogP contribution >= 0.6 is 0 Å². The molecule has 1 N–H and O–H groups in total. The summed E-state index contributed by atoms with van der Waals surface area (Å²) >= 11 is 0. The molecule has 0 aromatic heterocycles. The van der Waals surface area contributed by atoms with Gasteiger partial charge >= 0.3 is 0 Å². The number of hydrogen-bond acceptors (Lipinski definition) is 2. The van der Waals surface area contributed by atoms with E-state index >= 15 is 0 Å². The normalized spacial score (nSPS) is 11.6. The van der Waals surface area contributed by atoms with Crippen LogP contribution < -0.4 is 0 Å². The highest BCUT2D eigenvalue weighted by Crippen LogP contribution is 2.33. The van der Waals surface area contributed by atoms with E-state index in [0.717, 1.165) is 5.56 Å². The predicted octanol–water partition coefficient (Wildman–Crippen LogP) is 3.23. The van der Waals surface area contributed by atoms with Crippen molar-refractivity contribution < 1.29 is 5.11 Å². The molecule has 1 rings (SSSR count). The molecule has 0 atom stereocenters. The lowest BCUT2D eigenvalue weighted by atomic mass is 9.85. The number of hydrogen-bond donors (Lipinski definition) is 1. The molecule has 0 unspecified atom stereocenters. The number of rotatable bonds is 1. The van der Waals surface area contributed by atoms with Gasteiger partial charge < -0.3 is 5.11 Å². The summed E-state index contributed by atoms with van der Waals surface area (Å²) in [6.07, 6.45) is 2.98. The third-order valence-corrected chi connectivity index (χ3v) is 2.21. The highest BCUT2D eigenvalue weighted by molar-refractivity contribution is 5.61. The summed E-state index contributed by atoms with van der Waals surface area (Å²) in [5.74, 6) is 0.261. The first-order valence-electron chi connectivity index (χ1n) is 4.85. The average Bonchev–Trinajstić information content (AvgIpc) is 2.14. The lowest BCUT2D eigenvalue weighted by molar-refractivity contribution is 0.445. The van der Waals surface area contributed by atoms with Gasteiger partial charge in [-0.05, 0) is 17.1 Å². The summed E-state index contributed by atoms with van der Waals surface area (Å²) in [5, 5.41) is 18.4. The number of nitriles is 1. The number of phenolic OH excluding ortho intramolecular Hbond substituents is 1. The molecular weight excluding hydrogens is 186 g/mol. The molecule has 2 nitrogen and oxygen atoms in total. The Bertz CT molecular complexity index is 419. The highest BCUT2D eigenvalue weighted by Gasteiger charge is 2.18. The zero-order valence-electron chi connectivity index (χ0n) is 9.28.